The van der Waals surface area contributed by atoms with Crippen LogP contribution in [0.3, 0.4) is 0 Å². The third-order valence-electron chi connectivity index (χ3n) is 6.40. The quantitative estimate of drug-likeness (QED) is 0.219. The van der Waals surface area contributed by atoms with Gasteiger partial charge in [0.15, 0.2) is 10.6 Å². The van der Waals surface area contributed by atoms with Gasteiger partial charge >= 0.3 is 16.2 Å². The third-order valence-corrected chi connectivity index (χ3v) is 7.72. The molecule has 1 saturated carbocycles. The molecular formula is C28H30Cl2N6O8S. The number of benzene rings is 2. The number of urea groups is 1. The topological polar surface area (TPSA) is 178 Å². The van der Waals surface area contributed by atoms with E-state index in [1.807, 2.05) is 31.2 Å². The van der Waals surface area contributed by atoms with E-state index in [4.69, 9.17) is 37.4 Å². The Hall–Kier alpha value is -4.34. The van der Waals surface area contributed by atoms with Crippen molar-refractivity contribution >= 4 is 68.5 Å². The van der Waals surface area contributed by atoms with Crippen molar-refractivity contribution in [2.45, 2.75) is 30.6 Å². The van der Waals surface area contributed by atoms with Crippen molar-refractivity contribution < 1.29 is 37.0 Å². The van der Waals surface area contributed by atoms with E-state index in [1.54, 1.807) is 21.8 Å². The van der Waals surface area contributed by atoms with Crippen LogP contribution in [0.2, 0.25) is 0 Å². The Kier molecular flexibility index (Phi) is 10.9. The van der Waals surface area contributed by atoms with Gasteiger partial charge in [-0.1, -0.05) is 47.5 Å². The summed E-state index contributed by atoms with van der Waals surface area (Å²) >= 11 is 11.3. The van der Waals surface area contributed by atoms with E-state index in [9.17, 15) is 22.8 Å². The maximum absolute atomic E-state index is 12.3. The van der Waals surface area contributed by atoms with Crippen LogP contribution in [0, 0.1) is 5.92 Å². The molecule has 2 heterocycles. The van der Waals surface area contributed by atoms with Gasteiger partial charge in [-0.2, -0.15) is 18.4 Å². The second-order valence-electron chi connectivity index (χ2n) is 9.76. The Morgan fingerprint density at radius 2 is 1.62 bits per heavy atom. The van der Waals surface area contributed by atoms with Gasteiger partial charge in [0.05, 0.1) is 37.7 Å². The van der Waals surface area contributed by atoms with Crippen molar-refractivity contribution in [2.75, 3.05) is 35.8 Å². The number of alkyl halides is 2. The number of nitrogens with zero attached hydrogens (tertiary/aromatic N) is 3. The highest BCUT2D eigenvalue weighted by atomic mass is 35.5. The molecule has 5 rings (SSSR count). The molecule has 3 N–H and O–H groups in total. The molecule has 2 aliphatic rings. The number of aromatic nitrogens is 2. The summed E-state index contributed by atoms with van der Waals surface area (Å²) in [6.07, 6.45) is 1.56. The highest BCUT2D eigenvalue weighted by Gasteiger charge is 2.33. The number of carbonyl (C=O) groups is 3. The fourth-order valence-corrected chi connectivity index (χ4v) is 5.21. The molecule has 1 unspecified atom stereocenters. The lowest BCUT2D eigenvalue weighted by atomic mass is 10.1. The number of rotatable bonds is 9. The number of halogens is 2. The Morgan fingerprint density at radius 1 is 1.00 bits per heavy atom. The molecule has 1 fully saturated rings. The Bertz CT molecular complexity index is 1650. The number of amides is 3. The van der Waals surface area contributed by atoms with Gasteiger partial charge in [-0.25, -0.2) is 9.52 Å². The predicted octanol–water partition coefficient (Wildman–Crippen LogP) is 4.17. The average Bonchev–Trinajstić information content (AvgIpc) is 3.86. The van der Waals surface area contributed by atoms with Gasteiger partial charge in [-0.15, -0.1) is 0 Å². The molecule has 240 valence electrons. The highest BCUT2D eigenvalue weighted by molar-refractivity contribution is 7.91. The molecular weight excluding hydrogens is 651 g/mol. The monoisotopic (exact) mass is 680 g/mol. The number of fused-ring (bicyclic) bond motifs is 1. The molecule has 1 aliphatic heterocycles. The number of hydrogen-bond acceptors (Lipinski definition) is 10. The molecule has 2 aromatic carbocycles. The van der Waals surface area contributed by atoms with Crippen molar-refractivity contribution in [1.82, 2.24) is 14.7 Å². The minimum Gasteiger partial charge on any atom is -0.489 e. The predicted molar refractivity (Wildman–Crippen MR) is 168 cm³/mol. The Morgan fingerprint density at radius 3 is 2.24 bits per heavy atom. The van der Waals surface area contributed by atoms with Gasteiger partial charge in [0.2, 0.25) is 17.7 Å². The van der Waals surface area contributed by atoms with E-state index in [-0.39, 0.29) is 52.6 Å². The second-order valence-corrected chi connectivity index (χ2v) is 12.3. The number of ketones is 1. The molecule has 1 atom stereocenters. The number of anilines is 3. The molecule has 17 heteroatoms. The molecule has 14 nitrogen and oxygen atoms in total. The van der Waals surface area contributed by atoms with Crippen molar-refractivity contribution in [2.24, 2.45) is 5.92 Å². The largest absolute Gasteiger partial charge is 0.489 e. The van der Waals surface area contributed by atoms with Crippen molar-refractivity contribution in [1.29, 1.82) is 0 Å². The zero-order valence-corrected chi connectivity index (χ0v) is 26.6. The van der Waals surface area contributed by atoms with Crippen LogP contribution < -0.4 is 33.9 Å². The second kappa shape index (κ2) is 14.6. The summed E-state index contributed by atoms with van der Waals surface area (Å²) in [5.74, 6) is 0.149. The number of para-hydroxylation sites is 3. The average molecular weight is 682 g/mol. The Labute approximate surface area is 269 Å². The van der Waals surface area contributed by atoms with Crippen LogP contribution in [-0.4, -0.2) is 67.8 Å². The van der Waals surface area contributed by atoms with Crippen LogP contribution in [0.25, 0.3) is 0 Å². The van der Waals surface area contributed by atoms with Crippen LogP contribution in [0.15, 0.2) is 54.6 Å². The van der Waals surface area contributed by atoms with E-state index in [2.05, 4.69) is 20.0 Å². The van der Waals surface area contributed by atoms with Gasteiger partial charge in [0.25, 0.3) is 5.91 Å². The third kappa shape index (κ3) is 8.86. The number of Topliss-reactive ketones (excluding diaryl/α,β-unsaturated/α-hetero) is 1. The van der Waals surface area contributed by atoms with Crippen LogP contribution >= 0.6 is 23.2 Å². The van der Waals surface area contributed by atoms with E-state index < -0.39 is 21.1 Å². The molecule has 0 spiro atoms. The summed E-state index contributed by atoms with van der Waals surface area (Å²) in [6, 6.07) is 13.7. The van der Waals surface area contributed by atoms with Crippen LogP contribution in [0.5, 0.6) is 17.5 Å². The smallest absolute Gasteiger partial charge is 0.336 e. The van der Waals surface area contributed by atoms with E-state index in [1.165, 1.54) is 32.4 Å². The van der Waals surface area contributed by atoms with Gasteiger partial charge in [0, 0.05) is 11.5 Å². The van der Waals surface area contributed by atoms with E-state index in [0.29, 0.717) is 12.4 Å². The lowest BCUT2D eigenvalue weighted by molar-refractivity contribution is -0.117. The van der Waals surface area contributed by atoms with Gasteiger partial charge in [-0.3, -0.25) is 19.6 Å². The SMILES string of the molecule is CC1COc2ccccc2N1C(=O)C(Cl)Cl.COc1cc(OC)nc(NC(=O)NS(=O)(=O)Nc2ccccc2C(=O)C2CC2)n1. The lowest BCUT2D eigenvalue weighted by Gasteiger charge is -2.35. The number of nitrogens with one attached hydrogen (secondary N) is 3. The van der Waals surface area contributed by atoms with Crippen molar-refractivity contribution in [3.63, 3.8) is 0 Å². The van der Waals surface area contributed by atoms with Crippen molar-refractivity contribution in [3.8, 4) is 17.5 Å². The number of methoxy groups -OCH3 is 2. The Balaban J connectivity index is 0.000000242. The fraction of sp³-hybridized carbons (Fsp3) is 0.321. The molecule has 1 aliphatic carbocycles. The maximum atomic E-state index is 12.3. The molecule has 3 amide bonds. The molecule has 1 aromatic heterocycles. The van der Waals surface area contributed by atoms with Gasteiger partial charge in [0.1, 0.15) is 12.4 Å². The number of ether oxygens (including phenoxy) is 3. The highest BCUT2D eigenvalue weighted by Crippen LogP contribution is 2.35. The molecule has 45 heavy (non-hydrogen) atoms. The van der Waals surface area contributed by atoms with Gasteiger partial charge < -0.3 is 19.1 Å². The van der Waals surface area contributed by atoms with Crippen LogP contribution in [0.4, 0.5) is 22.1 Å². The summed E-state index contributed by atoms with van der Waals surface area (Å²) in [6.45, 7) is 2.34. The first-order valence-corrected chi connectivity index (χ1v) is 15.8. The first kappa shape index (κ1) is 33.6. The molecule has 0 bridgehead atoms. The minimum absolute atomic E-state index is 0.0672. The summed E-state index contributed by atoms with van der Waals surface area (Å²) in [5.41, 5.74) is 1.06. The molecule has 0 radical (unpaired) electrons. The zero-order chi connectivity index (χ0) is 32.7. The van der Waals surface area contributed by atoms with Crippen molar-refractivity contribution in [3.05, 3.63) is 60.2 Å². The molecule has 3 aromatic rings. The fourth-order valence-electron chi connectivity index (χ4n) is 4.18. The molecule has 0 saturated heterocycles. The summed E-state index contributed by atoms with van der Waals surface area (Å²) in [4.78, 5) is 44.6. The lowest BCUT2D eigenvalue weighted by Crippen LogP contribution is -2.47. The van der Waals surface area contributed by atoms with E-state index in [0.717, 1.165) is 18.5 Å². The first-order chi connectivity index (χ1) is 21.4. The van der Waals surface area contributed by atoms with Crippen LogP contribution in [-0.2, 0) is 15.0 Å². The summed E-state index contributed by atoms with van der Waals surface area (Å²) < 4.78 is 44.0. The normalized spacial score (nSPS) is 15.4. The van der Waals surface area contributed by atoms with Gasteiger partial charge in [-0.05, 0) is 44.0 Å². The summed E-state index contributed by atoms with van der Waals surface area (Å²) in [5, 5.41) is 2.18. The van der Waals surface area contributed by atoms with E-state index >= 15 is 0 Å². The maximum Gasteiger partial charge on any atom is 0.336 e. The zero-order valence-electron chi connectivity index (χ0n) is 24.3. The van der Waals surface area contributed by atoms with Crippen LogP contribution in [0.1, 0.15) is 30.1 Å². The summed E-state index contributed by atoms with van der Waals surface area (Å²) in [7, 11) is -1.61. The minimum atomic E-state index is -4.33. The number of carbonyl (C=O) groups excluding carboxylic acids is 3. The number of hydrogen-bond donors (Lipinski definition) is 3. The standard InChI is InChI=1S/C17H19N5O6S.C11H11Cl2NO2/c1-27-13-9-14(28-2)19-16(18-13)20-17(24)22-29(25,26)21-12-6-4-3-5-11(12)15(23)10-7-8-10;1-7-6-16-9-5-3-2-4-8(9)14(7)11(15)10(12)13/h3-6,9-10,21H,7-8H2,1-2H3,(H2,18,19,20,22,24);2-5,7,10H,6H2,1H3. The first-order valence-electron chi connectivity index (χ1n) is 13.5.